The summed E-state index contributed by atoms with van der Waals surface area (Å²) in [6.07, 6.45) is 3.01. The van der Waals surface area contributed by atoms with Gasteiger partial charge in [0.25, 0.3) is 0 Å². The Bertz CT molecular complexity index is 1400. The zero-order valence-corrected chi connectivity index (χ0v) is 23.4. The third-order valence-electron chi connectivity index (χ3n) is 8.71. The topological polar surface area (TPSA) is 79.2 Å². The minimum atomic E-state index is -0.745. The van der Waals surface area contributed by atoms with Crippen LogP contribution in [0.25, 0.3) is 10.8 Å². The summed E-state index contributed by atoms with van der Waals surface area (Å²) in [5, 5.41) is 23.1. The number of aromatic nitrogens is 2. The fourth-order valence-corrected chi connectivity index (χ4v) is 6.42. The van der Waals surface area contributed by atoms with Gasteiger partial charge in [0.2, 0.25) is 5.95 Å². The summed E-state index contributed by atoms with van der Waals surface area (Å²) in [5.74, 6) is 1.62. The molecule has 0 unspecified atom stereocenters. The number of phenols is 1. The molecule has 39 heavy (non-hydrogen) atoms. The van der Waals surface area contributed by atoms with Gasteiger partial charge in [-0.1, -0.05) is 13.0 Å². The Hall–Kier alpha value is -3.17. The molecule has 0 saturated carbocycles. The van der Waals surface area contributed by atoms with Gasteiger partial charge in [0.15, 0.2) is 0 Å². The summed E-state index contributed by atoms with van der Waals surface area (Å²) >= 11 is 0. The van der Waals surface area contributed by atoms with Crippen LogP contribution in [0.4, 0.5) is 21.8 Å². The Morgan fingerprint density at radius 1 is 1.10 bits per heavy atom. The number of likely N-dealkylation sites (N-methyl/N-ethyl adjacent to an activating group) is 1. The van der Waals surface area contributed by atoms with Gasteiger partial charge in [-0.15, -0.1) is 0 Å². The summed E-state index contributed by atoms with van der Waals surface area (Å²) in [4.78, 5) is 19.1. The van der Waals surface area contributed by atoms with E-state index in [4.69, 9.17) is 9.97 Å². The summed E-state index contributed by atoms with van der Waals surface area (Å²) in [6.45, 7) is 8.29. The van der Waals surface area contributed by atoms with Gasteiger partial charge in [-0.05, 0) is 69.8 Å². The molecule has 3 aliphatic rings. The summed E-state index contributed by atoms with van der Waals surface area (Å²) in [6, 6.07) is 7.18. The van der Waals surface area contributed by atoms with E-state index in [1.165, 1.54) is 6.07 Å². The molecule has 0 amide bonds. The number of aromatic hydroxyl groups is 1. The monoisotopic (exact) mass is 534 g/mol. The number of anilines is 3. The van der Waals surface area contributed by atoms with Crippen molar-refractivity contribution >= 4 is 28.2 Å². The van der Waals surface area contributed by atoms with Crippen LogP contribution in [0.1, 0.15) is 43.5 Å². The van der Waals surface area contributed by atoms with Crippen molar-refractivity contribution in [2.45, 2.75) is 57.7 Å². The normalized spacial score (nSPS) is 22.0. The van der Waals surface area contributed by atoms with E-state index in [2.05, 4.69) is 33.7 Å². The maximum Gasteiger partial charge on any atom is 0.227 e. The zero-order chi connectivity index (χ0) is 27.5. The van der Waals surface area contributed by atoms with Crippen LogP contribution in [0.3, 0.4) is 0 Å². The van der Waals surface area contributed by atoms with Crippen LogP contribution >= 0.6 is 0 Å². The SMILES string of the molecule is CCc1c(F)ccc2cc(O)cc(N3CCc4c(nc(N5CC(N(C)C)C5)nc4N4CCC[C@@](C)(O)C4)C3)c12. The van der Waals surface area contributed by atoms with E-state index < -0.39 is 5.60 Å². The van der Waals surface area contributed by atoms with Gasteiger partial charge in [0.05, 0.1) is 17.8 Å². The molecule has 1 aromatic heterocycles. The van der Waals surface area contributed by atoms with Crippen molar-refractivity contribution in [2.75, 3.05) is 61.5 Å². The smallest absolute Gasteiger partial charge is 0.227 e. The number of aryl methyl sites for hydroxylation is 1. The lowest BCUT2D eigenvalue weighted by molar-refractivity contribution is 0.0446. The van der Waals surface area contributed by atoms with Gasteiger partial charge < -0.3 is 29.8 Å². The highest BCUT2D eigenvalue weighted by Gasteiger charge is 2.36. The standard InChI is InChI=1S/C30H39FN6O2/c1-5-22-24(31)8-7-19-13-21(38)14-26(27(19)22)35-12-9-23-25(17-35)32-29(37-15-20(16-37)34(3)4)33-28(23)36-11-6-10-30(2,39)18-36/h7-8,13-14,20,38-39H,5-6,9-12,15-18H2,1-4H3/t30-/m1/s1. The summed E-state index contributed by atoms with van der Waals surface area (Å²) in [7, 11) is 4.20. The molecule has 4 heterocycles. The van der Waals surface area contributed by atoms with Crippen molar-refractivity contribution in [3.05, 3.63) is 46.9 Å². The van der Waals surface area contributed by atoms with E-state index in [1.807, 2.05) is 13.8 Å². The van der Waals surface area contributed by atoms with Gasteiger partial charge in [0.1, 0.15) is 17.4 Å². The number of benzene rings is 2. The second-order valence-electron chi connectivity index (χ2n) is 11.9. The van der Waals surface area contributed by atoms with Crippen molar-refractivity contribution in [3.63, 3.8) is 0 Å². The Balaban J connectivity index is 1.41. The zero-order valence-electron chi connectivity index (χ0n) is 23.4. The molecule has 3 aliphatic heterocycles. The number of β-amino-alcohol motifs (C(OH)–C–C–N with tert-alkyl or cyclic N) is 1. The molecule has 0 radical (unpaired) electrons. The highest BCUT2D eigenvalue weighted by molar-refractivity contribution is 5.98. The van der Waals surface area contributed by atoms with Crippen LogP contribution < -0.4 is 14.7 Å². The number of fused-ring (bicyclic) bond motifs is 2. The number of hydrogen-bond donors (Lipinski definition) is 2. The van der Waals surface area contributed by atoms with Gasteiger partial charge in [-0.3, -0.25) is 0 Å². The van der Waals surface area contributed by atoms with E-state index >= 15 is 0 Å². The highest BCUT2D eigenvalue weighted by atomic mass is 19.1. The van der Waals surface area contributed by atoms with Crippen molar-refractivity contribution in [1.82, 2.24) is 14.9 Å². The minimum absolute atomic E-state index is 0.173. The van der Waals surface area contributed by atoms with E-state index in [0.717, 1.165) is 78.4 Å². The van der Waals surface area contributed by atoms with Crippen LogP contribution in [-0.4, -0.2) is 83.5 Å². The Labute approximate surface area is 229 Å². The third kappa shape index (κ3) is 4.76. The number of aliphatic hydroxyl groups is 1. The molecule has 2 N–H and O–H groups in total. The second-order valence-corrected chi connectivity index (χ2v) is 11.9. The van der Waals surface area contributed by atoms with Crippen LogP contribution in [0, 0.1) is 5.82 Å². The average molecular weight is 535 g/mol. The molecule has 9 heteroatoms. The van der Waals surface area contributed by atoms with Crippen molar-refractivity contribution in [3.8, 4) is 5.75 Å². The van der Waals surface area contributed by atoms with E-state index in [9.17, 15) is 14.6 Å². The first-order valence-corrected chi connectivity index (χ1v) is 14.1. The van der Waals surface area contributed by atoms with Crippen molar-refractivity contribution in [2.24, 2.45) is 0 Å². The number of phenolic OH excluding ortho intramolecular Hbond substituents is 1. The van der Waals surface area contributed by atoms with Crippen LogP contribution in [0.15, 0.2) is 24.3 Å². The highest BCUT2D eigenvalue weighted by Crippen LogP contribution is 2.39. The predicted molar refractivity (Wildman–Crippen MR) is 153 cm³/mol. The molecule has 2 fully saturated rings. The maximum atomic E-state index is 14.9. The van der Waals surface area contributed by atoms with Crippen LogP contribution in [0.2, 0.25) is 0 Å². The van der Waals surface area contributed by atoms with Crippen molar-refractivity contribution < 1.29 is 14.6 Å². The molecule has 1 atom stereocenters. The molecular formula is C30H39FN6O2. The molecule has 208 valence electrons. The molecule has 2 saturated heterocycles. The van der Waals surface area contributed by atoms with Gasteiger partial charge in [0, 0.05) is 61.5 Å². The summed E-state index contributed by atoms with van der Waals surface area (Å²) in [5.41, 5.74) is 2.86. The molecule has 2 aromatic carbocycles. The van der Waals surface area contributed by atoms with Gasteiger partial charge >= 0.3 is 0 Å². The number of halogens is 1. The molecule has 8 nitrogen and oxygen atoms in total. The second kappa shape index (κ2) is 9.78. The van der Waals surface area contributed by atoms with E-state index in [1.54, 1.807) is 18.2 Å². The van der Waals surface area contributed by atoms with E-state index in [-0.39, 0.29) is 11.6 Å². The first kappa shape index (κ1) is 26.1. The van der Waals surface area contributed by atoms with Crippen LogP contribution in [0.5, 0.6) is 5.75 Å². The lowest BCUT2D eigenvalue weighted by atomic mass is 9.94. The van der Waals surface area contributed by atoms with Gasteiger partial charge in [-0.2, -0.15) is 4.98 Å². The fraction of sp³-hybridized carbons (Fsp3) is 0.533. The van der Waals surface area contributed by atoms with E-state index in [0.29, 0.717) is 37.7 Å². The maximum absolute atomic E-state index is 14.9. The third-order valence-corrected chi connectivity index (χ3v) is 8.71. The Morgan fingerprint density at radius 3 is 2.62 bits per heavy atom. The molecule has 6 rings (SSSR count). The Morgan fingerprint density at radius 2 is 1.90 bits per heavy atom. The Kier molecular flexibility index (Phi) is 6.54. The fourth-order valence-electron chi connectivity index (χ4n) is 6.42. The number of rotatable bonds is 5. The summed E-state index contributed by atoms with van der Waals surface area (Å²) < 4.78 is 14.9. The van der Waals surface area contributed by atoms with Crippen molar-refractivity contribution in [1.29, 1.82) is 0 Å². The molecule has 0 bridgehead atoms. The minimum Gasteiger partial charge on any atom is -0.508 e. The lowest BCUT2D eigenvalue weighted by Crippen LogP contribution is -2.58. The number of piperidine rings is 1. The lowest BCUT2D eigenvalue weighted by Gasteiger charge is -2.44. The number of nitrogens with zero attached hydrogens (tertiary/aromatic N) is 6. The predicted octanol–water partition coefficient (Wildman–Crippen LogP) is 3.70. The van der Waals surface area contributed by atoms with Gasteiger partial charge in [-0.25, -0.2) is 9.37 Å². The average Bonchev–Trinajstić information content (AvgIpc) is 2.86. The largest absolute Gasteiger partial charge is 0.508 e. The number of hydrogen-bond acceptors (Lipinski definition) is 8. The molecule has 0 spiro atoms. The van der Waals surface area contributed by atoms with Crippen LogP contribution in [-0.2, 0) is 19.4 Å². The first-order valence-electron chi connectivity index (χ1n) is 14.1. The molecule has 3 aromatic rings. The quantitative estimate of drug-likeness (QED) is 0.513. The first-order chi connectivity index (χ1) is 18.6. The molecule has 0 aliphatic carbocycles. The molecular weight excluding hydrogens is 495 g/mol.